The maximum Gasteiger partial charge on any atom is 0.226 e. The zero-order chi connectivity index (χ0) is 19.3. The molecule has 0 unspecified atom stereocenters. The third-order valence-electron chi connectivity index (χ3n) is 6.07. The van der Waals surface area contributed by atoms with Crippen molar-refractivity contribution in [1.82, 2.24) is 10.2 Å². The van der Waals surface area contributed by atoms with Crippen LogP contribution in [0.25, 0.3) is 0 Å². The molecule has 2 aliphatic rings. The van der Waals surface area contributed by atoms with Gasteiger partial charge in [0.15, 0.2) is 0 Å². The van der Waals surface area contributed by atoms with E-state index in [1.165, 1.54) is 23.4 Å². The van der Waals surface area contributed by atoms with Crippen molar-refractivity contribution in [3.05, 3.63) is 52.2 Å². The smallest absolute Gasteiger partial charge is 0.226 e. The average Bonchev–Trinajstić information content (AvgIpc) is 3.43. The summed E-state index contributed by atoms with van der Waals surface area (Å²) in [5, 5.41) is 5.94. The van der Waals surface area contributed by atoms with Crippen molar-refractivity contribution in [1.29, 1.82) is 0 Å². The van der Waals surface area contributed by atoms with E-state index in [4.69, 9.17) is 0 Å². The van der Waals surface area contributed by atoms with Gasteiger partial charge in [-0.05, 0) is 61.7 Å². The average molecular weight is 398 g/mol. The molecular formula is C23H31N3OS. The summed E-state index contributed by atoms with van der Waals surface area (Å²) >= 11 is 1.83. The van der Waals surface area contributed by atoms with Crippen LogP contribution in [0.5, 0.6) is 0 Å². The van der Waals surface area contributed by atoms with Crippen molar-refractivity contribution in [2.24, 2.45) is 0 Å². The fraction of sp³-hybridized carbons (Fsp3) is 0.522. The third kappa shape index (κ3) is 4.76. The molecular weight excluding hydrogens is 366 g/mol. The second-order valence-corrected chi connectivity index (χ2v) is 9.08. The molecule has 3 heterocycles. The first-order chi connectivity index (χ1) is 13.7. The number of likely N-dealkylation sites (tertiary alicyclic amines) is 1. The highest BCUT2D eigenvalue weighted by molar-refractivity contribution is 7.10. The number of piperidine rings is 1. The third-order valence-corrected chi connectivity index (χ3v) is 7.12. The maximum absolute atomic E-state index is 12.3. The summed E-state index contributed by atoms with van der Waals surface area (Å²) < 4.78 is 0. The Hall–Kier alpha value is -1.85. The van der Waals surface area contributed by atoms with E-state index in [-0.39, 0.29) is 5.91 Å². The summed E-state index contributed by atoms with van der Waals surface area (Å²) in [6.07, 6.45) is 5.19. The van der Waals surface area contributed by atoms with Gasteiger partial charge in [0, 0.05) is 48.8 Å². The molecule has 0 radical (unpaired) electrons. The number of benzene rings is 1. The van der Waals surface area contributed by atoms with Gasteiger partial charge >= 0.3 is 0 Å². The lowest BCUT2D eigenvalue weighted by molar-refractivity contribution is -0.129. The number of carbonyl (C=O) groups is 1. The number of nitrogens with one attached hydrogen (secondary N) is 1. The van der Waals surface area contributed by atoms with Gasteiger partial charge in [-0.2, -0.15) is 0 Å². The van der Waals surface area contributed by atoms with E-state index in [1.54, 1.807) is 0 Å². The predicted molar refractivity (Wildman–Crippen MR) is 117 cm³/mol. The summed E-state index contributed by atoms with van der Waals surface area (Å²) in [6, 6.07) is 14.0. The monoisotopic (exact) mass is 397 g/mol. The van der Waals surface area contributed by atoms with Gasteiger partial charge in [-0.15, -0.1) is 11.3 Å². The van der Waals surface area contributed by atoms with E-state index in [0.29, 0.717) is 18.5 Å². The molecule has 1 atom stereocenters. The van der Waals surface area contributed by atoms with E-state index in [1.807, 2.05) is 16.2 Å². The Morgan fingerprint density at radius 2 is 1.82 bits per heavy atom. The van der Waals surface area contributed by atoms with Crippen molar-refractivity contribution in [2.75, 3.05) is 31.1 Å². The lowest BCUT2D eigenvalue weighted by atomic mass is 10.0. The van der Waals surface area contributed by atoms with Crippen LogP contribution in [-0.2, 0) is 11.2 Å². The van der Waals surface area contributed by atoms with Gasteiger partial charge in [0.05, 0.1) is 6.42 Å². The molecule has 2 aromatic rings. The molecule has 1 N–H and O–H groups in total. The van der Waals surface area contributed by atoms with Gasteiger partial charge in [0.1, 0.15) is 0 Å². The van der Waals surface area contributed by atoms with Crippen molar-refractivity contribution >= 4 is 22.9 Å². The minimum absolute atomic E-state index is 0.275. The molecule has 0 saturated carbocycles. The Balaban J connectivity index is 1.25. The van der Waals surface area contributed by atoms with Crippen LogP contribution in [0.3, 0.4) is 0 Å². The van der Waals surface area contributed by atoms with E-state index in [0.717, 1.165) is 44.6 Å². The van der Waals surface area contributed by atoms with Gasteiger partial charge in [-0.25, -0.2) is 0 Å². The van der Waals surface area contributed by atoms with E-state index >= 15 is 0 Å². The van der Waals surface area contributed by atoms with E-state index in [2.05, 4.69) is 58.9 Å². The Morgan fingerprint density at radius 1 is 1.11 bits per heavy atom. The topological polar surface area (TPSA) is 35.6 Å². The van der Waals surface area contributed by atoms with Gasteiger partial charge in [-0.3, -0.25) is 4.79 Å². The van der Waals surface area contributed by atoms with E-state index < -0.39 is 0 Å². The Morgan fingerprint density at radius 3 is 2.46 bits per heavy atom. The van der Waals surface area contributed by atoms with Gasteiger partial charge in [0.2, 0.25) is 5.91 Å². The maximum atomic E-state index is 12.3. The van der Waals surface area contributed by atoms with Crippen LogP contribution in [-0.4, -0.2) is 43.0 Å². The second kappa shape index (κ2) is 9.10. The molecule has 28 heavy (non-hydrogen) atoms. The number of nitrogens with zero attached hydrogens (tertiary/aromatic N) is 2. The van der Waals surface area contributed by atoms with Crippen LogP contribution in [0.2, 0.25) is 0 Å². The fourth-order valence-corrected chi connectivity index (χ4v) is 5.10. The molecule has 2 aliphatic heterocycles. The standard InChI is InChI=1S/C23H31N3OS/c1-18(22-5-4-16-28-22)24-20-10-14-25(15-11-20)21-8-6-19(7-9-21)17-23(27)26-12-2-3-13-26/h4-9,16,18,20,24H,2-3,10-15,17H2,1H3/t18-/m1/s1. The largest absolute Gasteiger partial charge is 0.371 e. The molecule has 150 valence electrons. The number of thiophene rings is 1. The van der Waals surface area contributed by atoms with Crippen LogP contribution in [0, 0.1) is 0 Å². The molecule has 1 aromatic carbocycles. The molecule has 4 nitrogen and oxygen atoms in total. The molecule has 1 aromatic heterocycles. The van der Waals surface area contributed by atoms with Crippen molar-refractivity contribution in [2.45, 2.75) is 51.1 Å². The van der Waals surface area contributed by atoms with Crippen LogP contribution >= 0.6 is 11.3 Å². The number of carbonyl (C=O) groups excluding carboxylic acids is 1. The van der Waals surface area contributed by atoms with Gasteiger partial charge < -0.3 is 15.1 Å². The van der Waals surface area contributed by atoms with Crippen LogP contribution in [0.1, 0.15) is 49.1 Å². The molecule has 5 heteroatoms. The highest BCUT2D eigenvalue weighted by atomic mass is 32.1. The number of hydrogen-bond donors (Lipinski definition) is 1. The first-order valence-corrected chi connectivity index (χ1v) is 11.5. The van der Waals surface area contributed by atoms with Crippen molar-refractivity contribution in [3.63, 3.8) is 0 Å². The predicted octanol–water partition coefficient (Wildman–Crippen LogP) is 4.23. The summed E-state index contributed by atoms with van der Waals surface area (Å²) in [7, 11) is 0. The molecule has 0 bridgehead atoms. The minimum Gasteiger partial charge on any atom is -0.371 e. The highest BCUT2D eigenvalue weighted by Gasteiger charge is 2.22. The van der Waals surface area contributed by atoms with Crippen molar-refractivity contribution < 1.29 is 4.79 Å². The summed E-state index contributed by atoms with van der Waals surface area (Å²) in [4.78, 5) is 18.2. The Labute approximate surface area is 172 Å². The van der Waals surface area contributed by atoms with Crippen LogP contribution in [0.15, 0.2) is 41.8 Å². The highest BCUT2D eigenvalue weighted by Crippen LogP contribution is 2.24. The van der Waals surface area contributed by atoms with Gasteiger partial charge in [0.25, 0.3) is 0 Å². The van der Waals surface area contributed by atoms with E-state index in [9.17, 15) is 4.79 Å². The molecule has 2 saturated heterocycles. The summed E-state index contributed by atoms with van der Waals surface area (Å²) in [6.45, 7) is 6.30. The molecule has 1 amide bonds. The number of amides is 1. The second-order valence-electron chi connectivity index (χ2n) is 8.10. The van der Waals surface area contributed by atoms with Gasteiger partial charge in [-0.1, -0.05) is 18.2 Å². The normalized spacial score (nSPS) is 19.2. The first kappa shape index (κ1) is 19.5. The Kier molecular flexibility index (Phi) is 6.33. The number of rotatable bonds is 6. The molecule has 0 spiro atoms. The SMILES string of the molecule is C[C@@H](NC1CCN(c2ccc(CC(=O)N3CCCC3)cc2)CC1)c1cccs1. The quantitative estimate of drug-likeness (QED) is 0.792. The zero-order valence-corrected chi connectivity index (χ0v) is 17.6. The lowest BCUT2D eigenvalue weighted by Crippen LogP contribution is -2.43. The molecule has 4 rings (SSSR count). The lowest BCUT2D eigenvalue weighted by Gasteiger charge is -2.35. The zero-order valence-electron chi connectivity index (χ0n) is 16.8. The number of hydrogen-bond acceptors (Lipinski definition) is 4. The van der Waals surface area contributed by atoms with Crippen LogP contribution in [0.4, 0.5) is 5.69 Å². The number of anilines is 1. The van der Waals surface area contributed by atoms with Crippen LogP contribution < -0.4 is 10.2 Å². The van der Waals surface area contributed by atoms with Crippen molar-refractivity contribution in [3.8, 4) is 0 Å². The fourth-order valence-electron chi connectivity index (χ4n) is 4.36. The molecule has 2 fully saturated rings. The Bertz CT molecular complexity index is 745. The summed E-state index contributed by atoms with van der Waals surface area (Å²) in [5.41, 5.74) is 2.41. The first-order valence-electron chi connectivity index (χ1n) is 10.6. The molecule has 0 aliphatic carbocycles. The minimum atomic E-state index is 0.275. The summed E-state index contributed by atoms with van der Waals surface area (Å²) in [5.74, 6) is 0.275.